The van der Waals surface area contributed by atoms with Crippen LogP contribution in [-0.2, 0) is 11.2 Å². The van der Waals surface area contributed by atoms with Crippen molar-refractivity contribution in [1.29, 1.82) is 0 Å². The molecule has 2 amide bonds. The molecule has 0 fully saturated rings. The lowest BCUT2D eigenvalue weighted by molar-refractivity contribution is -0.116. The summed E-state index contributed by atoms with van der Waals surface area (Å²) in [5.41, 5.74) is 3.70. The maximum Gasteiger partial charge on any atom is 0.251 e. The molecule has 1 atom stereocenters. The fourth-order valence-corrected chi connectivity index (χ4v) is 3.19. The van der Waals surface area contributed by atoms with Crippen molar-refractivity contribution < 1.29 is 9.59 Å². The Labute approximate surface area is 146 Å². The van der Waals surface area contributed by atoms with Crippen LogP contribution in [0.2, 0.25) is 0 Å². The van der Waals surface area contributed by atoms with Crippen molar-refractivity contribution in [3.63, 3.8) is 0 Å². The van der Waals surface area contributed by atoms with E-state index >= 15 is 0 Å². The monoisotopic (exact) mass is 340 g/mol. The highest BCUT2D eigenvalue weighted by molar-refractivity contribution is 7.98. The Balaban J connectivity index is 1.71. The maximum atomic E-state index is 12.4. The van der Waals surface area contributed by atoms with Crippen LogP contribution >= 0.6 is 11.8 Å². The molecule has 0 saturated heterocycles. The molecule has 0 aliphatic carbocycles. The summed E-state index contributed by atoms with van der Waals surface area (Å²) in [6, 6.07) is 13.4. The Hall–Kier alpha value is -2.27. The number of aryl methyl sites for hydroxylation is 1. The van der Waals surface area contributed by atoms with Crippen LogP contribution in [0.3, 0.4) is 0 Å². The number of thioether (sulfide) groups is 1. The molecule has 1 aliphatic heterocycles. The van der Waals surface area contributed by atoms with E-state index < -0.39 is 0 Å². The molecule has 0 bridgehead atoms. The van der Waals surface area contributed by atoms with Crippen LogP contribution in [0, 0.1) is 0 Å². The molecule has 2 aromatic carbocycles. The smallest absolute Gasteiger partial charge is 0.251 e. The summed E-state index contributed by atoms with van der Waals surface area (Å²) in [5, 5.41) is 5.91. The predicted molar refractivity (Wildman–Crippen MR) is 97.5 cm³/mol. The van der Waals surface area contributed by atoms with Crippen LogP contribution in [-0.4, -0.2) is 18.1 Å². The van der Waals surface area contributed by atoms with Crippen molar-refractivity contribution in [3.05, 3.63) is 59.2 Å². The zero-order valence-corrected chi connectivity index (χ0v) is 14.6. The van der Waals surface area contributed by atoms with Gasteiger partial charge in [0.25, 0.3) is 5.91 Å². The van der Waals surface area contributed by atoms with Gasteiger partial charge in [0.1, 0.15) is 0 Å². The van der Waals surface area contributed by atoms with Crippen LogP contribution in [0.15, 0.2) is 47.4 Å². The Morgan fingerprint density at radius 1 is 1.17 bits per heavy atom. The molecule has 0 aromatic heterocycles. The zero-order valence-electron chi connectivity index (χ0n) is 13.8. The van der Waals surface area contributed by atoms with Gasteiger partial charge >= 0.3 is 0 Å². The maximum absolute atomic E-state index is 12.4. The summed E-state index contributed by atoms with van der Waals surface area (Å²) in [4.78, 5) is 24.9. The summed E-state index contributed by atoms with van der Waals surface area (Å²) < 4.78 is 0. The zero-order chi connectivity index (χ0) is 17.1. The number of hydrogen-bond donors (Lipinski definition) is 2. The summed E-state index contributed by atoms with van der Waals surface area (Å²) in [5.74, 6) is -0.0218. The minimum atomic E-state index is -0.0966. The minimum absolute atomic E-state index is 0.0605. The summed E-state index contributed by atoms with van der Waals surface area (Å²) in [6.07, 6.45) is 3.26. The first-order valence-electron chi connectivity index (χ1n) is 7.94. The summed E-state index contributed by atoms with van der Waals surface area (Å²) in [6.45, 7) is 1.97. The third-order valence-electron chi connectivity index (χ3n) is 4.22. The SMILES string of the molecule is CSc1ccc(C(=O)NC(C)c2ccc3c(c2)CCC(=O)N3)cc1. The fraction of sp³-hybridized carbons (Fsp3) is 0.263. The molecule has 1 unspecified atom stereocenters. The van der Waals surface area contributed by atoms with E-state index in [9.17, 15) is 9.59 Å². The van der Waals surface area contributed by atoms with Crippen molar-refractivity contribution in [2.75, 3.05) is 11.6 Å². The largest absolute Gasteiger partial charge is 0.346 e. The average molecular weight is 340 g/mol. The molecule has 0 saturated carbocycles. The van der Waals surface area contributed by atoms with Crippen molar-refractivity contribution in [1.82, 2.24) is 5.32 Å². The Morgan fingerprint density at radius 3 is 2.62 bits per heavy atom. The fourth-order valence-electron chi connectivity index (χ4n) is 2.78. The quantitative estimate of drug-likeness (QED) is 0.833. The highest BCUT2D eigenvalue weighted by Crippen LogP contribution is 2.26. The van der Waals surface area contributed by atoms with Crippen molar-refractivity contribution >= 4 is 29.3 Å². The summed E-state index contributed by atoms with van der Waals surface area (Å²) >= 11 is 1.65. The second-order valence-electron chi connectivity index (χ2n) is 5.89. The second kappa shape index (κ2) is 7.09. The molecular weight excluding hydrogens is 320 g/mol. The molecule has 4 nitrogen and oxygen atoms in total. The van der Waals surface area contributed by atoms with Gasteiger partial charge in [-0.1, -0.05) is 12.1 Å². The second-order valence-corrected chi connectivity index (χ2v) is 6.77. The Bertz CT molecular complexity index is 771. The van der Waals surface area contributed by atoms with Gasteiger partial charge in [0, 0.05) is 22.6 Å². The molecule has 24 heavy (non-hydrogen) atoms. The van der Waals surface area contributed by atoms with Crippen LogP contribution in [0.25, 0.3) is 0 Å². The number of rotatable bonds is 4. The van der Waals surface area contributed by atoms with Crippen LogP contribution in [0.4, 0.5) is 5.69 Å². The van der Waals surface area contributed by atoms with Gasteiger partial charge in [0.2, 0.25) is 5.91 Å². The van der Waals surface area contributed by atoms with E-state index in [1.165, 1.54) is 0 Å². The van der Waals surface area contributed by atoms with Crippen LogP contribution < -0.4 is 10.6 Å². The van der Waals surface area contributed by atoms with Crippen molar-refractivity contribution in [2.45, 2.75) is 30.7 Å². The van der Waals surface area contributed by atoms with Gasteiger partial charge in [0.15, 0.2) is 0 Å². The minimum Gasteiger partial charge on any atom is -0.346 e. The average Bonchev–Trinajstić information content (AvgIpc) is 2.61. The van der Waals surface area contributed by atoms with Gasteiger partial charge in [-0.05, 0) is 61.1 Å². The van der Waals surface area contributed by atoms with E-state index in [4.69, 9.17) is 0 Å². The van der Waals surface area contributed by atoms with Crippen LogP contribution in [0.5, 0.6) is 0 Å². The first-order valence-corrected chi connectivity index (χ1v) is 9.17. The Morgan fingerprint density at radius 2 is 1.92 bits per heavy atom. The first-order chi connectivity index (χ1) is 11.6. The molecule has 5 heteroatoms. The van der Waals surface area contributed by atoms with E-state index in [1.54, 1.807) is 11.8 Å². The predicted octanol–water partition coefficient (Wildman–Crippen LogP) is 3.78. The number of anilines is 1. The lowest BCUT2D eigenvalue weighted by Gasteiger charge is -2.20. The molecule has 1 aliphatic rings. The number of carbonyl (C=O) groups is 2. The van der Waals surface area contributed by atoms with Gasteiger partial charge in [-0.2, -0.15) is 0 Å². The molecule has 3 rings (SSSR count). The van der Waals surface area contributed by atoms with Gasteiger partial charge in [-0.15, -0.1) is 11.8 Å². The standard InChI is InChI=1S/C19H20N2O2S/c1-12(20-19(23)13-3-7-16(24-2)8-4-13)14-5-9-17-15(11-14)6-10-18(22)21-17/h3-5,7-9,11-12H,6,10H2,1-2H3,(H,20,23)(H,21,22). The lowest BCUT2D eigenvalue weighted by Crippen LogP contribution is -2.27. The van der Waals surface area contributed by atoms with E-state index in [0.29, 0.717) is 12.0 Å². The topological polar surface area (TPSA) is 58.2 Å². The first kappa shape index (κ1) is 16.6. The van der Waals surface area contributed by atoms with E-state index in [2.05, 4.69) is 16.7 Å². The van der Waals surface area contributed by atoms with Gasteiger partial charge in [-0.3, -0.25) is 9.59 Å². The molecule has 2 N–H and O–H groups in total. The van der Waals surface area contributed by atoms with Crippen molar-refractivity contribution in [2.24, 2.45) is 0 Å². The number of benzene rings is 2. The molecule has 0 radical (unpaired) electrons. The number of nitrogens with one attached hydrogen (secondary N) is 2. The molecule has 2 aromatic rings. The number of fused-ring (bicyclic) bond motifs is 1. The normalized spacial score (nSPS) is 14.5. The van der Waals surface area contributed by atoms with Gasteiger partial charge < -0.3 is 10.6 Å². The highest BCUT2D eigenvalue weighted by atomic mass is 32.2. The number of hydrogen-bond acceptors (Lipinski definition) is 3. The van der Waals surface area contributed by atoms with E-state index in [1.807, 2.05) is 49.6 Å². The lowest BCUT2D eigenvalue weighted by atomic mass is 9.97. The third kappa shape index (κ3) is 3.62. The van der Waals surface area contributed by atoms with Crippen molar-refractivity contribution in [3.8, 4) is 0 Å². The molecule has 0 spiro atoms. The van der Waals surface area contributed by atoms with E-state index in [0.717, 1.165) is 28.1 Å². The van der Waals surface area contributed by atoms with Gasteiger partial charge in [-0.25, -0.2) is 0 Å². The summed E-state index contributed by atoms with van der Waals surface area (Å²) in [7, 11) is 0. The number of carbonyl (C=O) groups excluding carboxylic acids is 2. The molecule has 1 heterocycles. The molecular formula is C19H20N2O2S. The highest BCUT2D eigenvalue weighted by Gasteiger charge is 2.17. The number of amides is 2. The third-order valence-corrected chi connectivity index (χ3v) is 4.97. The Kier molecular flexibility index (Phi) is 4.90. The van der Waals surface area contributed by atoms with E-state index in [-0.39, 0.29) is 17.9 Å². The van der Waals surface area contributed by atoms with Gasteiger partial charge in [0.05, 0.1) is 6.04 Å². The van der Waals surface area contributed by atoms with Crippen LogP contribution in [0.1, 0.15) is 40.9 Å². The molecule has 124 valence electrons.